The Labute approximate surface area is 356 Å². The normalized spacial score (nSPS) is 11.8. The second kappa shape index (κ2) is 50.6. The fraction of sp³-hybridized carbons (Fsp3) is 0.887. The van der Waals surface area contributed by atoms with E-state index in [9.17, 15) is 9.59 Å². The van der Waals surface area contributed by atoms with Gasteiger partial charge in [-0.1, -0.05) is 288 Å². The van der Waals surface area contributed by atoms with Crippen molar-refractivity contribution in [1.29, 1.82) is 0 Å². The summed E-state index contributed by atoms with van der Waals surface area (Å²) in [7, 11) is 0. The zero-order valence-electron chi connectivity index (χ0n) is 38.3. The fourth-order valence-corrected chi connectivity index (χ4v) is 8.49. The Morgan fingerprint density at radius 3 is 0.421 bits per heavy atom. The van der Waals surface area contributed by atoms with Gasteiger partial charge in [0.2, 0.25) is 0 Å². The molecular formula is C53H100O4. The van der Waals surface area contributed by atoms with E-state index < -0.39 is 11.9 Å². The molecule has 0 aliphatic rings. The number of hydrogen-bond donors (Lipinski definition) is 2. The first-order chi connectivity index (χ1) is 28.1. The van der Waals surface area contributed by atoms with Gasteiger partial charge in [0.05, 0.1) is 0 Å². The van der Waals surface area contributed by atoms with Crippen molar-refractivity contribution in [1.82, 2.24) is 0 Å². The number of allylic oxidation sites excluding steroid dienone is 2. The van der Waals surface area contributed by atoms with Crippen molar-refractivity contribution in [2.75, 3.05) is 0 Å². The highest BCUT2D eigenvalue weighted by Crippen LogP contribution is 2.18. The predicted octanol–water partition coefficient (Wildman–Crippen LogP) is 18.6. The third-order valence-electron chi connectivity index (χ3n) is 12.3. The lowest BCUT2D eigenvalue weighted by atomic mass is 10.0. The number of unbranched alkanes of at least 4 members (excludes halogenated alkanes) is 46. The van der Waals surface area contributed by atoms with Gasteiger partial charge in [-0.3, -0.25) is 0 Å². The van der Waals surface area contributed by atoms with E-state index in [0.29, 0.717) is 0 Å². The molecule has 2 N–H and O–H groups in total. The third-order valence-corrected chi connectivity index (χ3v) is 12.3. The Morgan fingerprint density at radius 1 is 0.211 bits per heavy atom. The highest BCUT2D eigenvalue weighted by atomic mass is 16.4. The van der Waals surface area contributed by atoms with Gasteiger partial charge in [-0.05, 0) is 25.7 Å². The first kappa shape index (κ1) is 55.4. The van der Waals surface area contributed by atoms with Gasteiger partial charge >= 0.3 is 11.9 Å². The summed E-state index contributed by atoms with van der Waals surface area (Å²) in [4.78, 5) is 20.9. The van der Waals surface area contributed by atoms with Gasteiger partial charge in [-0.15, -0.1) is 0 Å². The zero-order chi connectivity index (χ0) is 41.2. The molecule has 0 saturated carbocycles. The van der Waals surface area contributed by atoms with Crippen LogP contribution in [0.5, 0.6) is 0 Å². The Bertz CT molecular complexity index is 780. The summed E-state index contributed by atoms with van der Waals surface area (Å²) in [6, 6.07) is 0. The summed E-state index contributed by atoms with van der Waals surface area (Å²) in [6.07, 6.45) is 71.5. The van der Waals surface area contributed by atoms with Crippen molar-refractivity contribution >= 4 is 11.9 Å². The molecule has 0 amide bonds. The van der Waals surface area contributed by atoms with Gasteiger partial charge in [0.15, 0.2) is 0 Å². The maximum atomic E-state index is 10.4. The minimum absolute atomic E-state index is 0.830. The van der Waals surface area contributed by atoms with E-state index in [1.165, 1.54) is 288 Å². The van der Waals surface area contributed by atoms with Gasteiger partial charge < -0.3 is 10.2 Å². The monoisotopic (exact) mass is 801 g/mol. The molecule has 57 heavy (non-hydrogen) atoms. The Hall–Kier alpha value is -1.58. The zero-order valence-corrected chi connectivity index (χ0v) is 38.3. The van der Waals surface area contributed by atoms with Crippen LogP contribution in [0, 0.1) is 0 Å². The van der Waals surface area contributed by atoms with Crippen molar-refractivity contribution in [2.24, 2.45) is 0 Å². The maximum absolute atomic E-state index is 10.4. The molecule has 0 aromatic heterocycles. The SMILES string of the molecule is O=C(O)C=CCCCCCCCCCCCCCCCCCCCCCCCCCCCCCCCCCCCCCCCCCCCCCCCC=CC(=O)O. The van der Waals surface area contributed by atoms with Crippen molar-refractivity contribution in [3.05, 3.63) is 24.3 Å². The molecule has 336 valence electrons. The van der Waals surface area contributed by atoms with Crippen molar-refractivity contribution < 1.29 is 19.8 Å². The fourth-order valence-electron chi connectivity index (χ4n) is 8.49. The van der Waals surface area contributed by atoms with E-state index in [1.807, 2.05) is 0 Å². The van der Waals surface area contributed by atoms with E-state index in [0.717, 1.165) is 25.7 Å². The predicted molar refractivity (Wildman–Crippen MR) is 251 cm³/mol. The van der Waals surface area contributed by atoms with E-state index >= 15 is 0 Å². The van der Waals surface area contributed by atoms with Crippen LogP contribution in [0.2, 0.25) is 0 Å². The molecule has 0 aromatic carbocycles. The standard InChI is InChI=1S/C53H100O4/c54-52(55)50-48-46-44-42-40-38-36-34-32-30-28-26-24-22-20-18-16-14-12-10-8-6-4-2-1-3-5-7-9-11-13-15-17-19-21-23-25-27-29-31-33-35-37-39-41-43-45-47-49-51-53(56)57/h48-51H,1-47H2,(H,54,55)(H,56,57). The Balaban J connectivity index is 3.08. The molecule has 0 saturated heterocycles. The Kier molecular flexibility index (Phi) is 49.2. The number of hydrogen-bond acceptors (Lipinski definition) is 2. The molecular weight excluding hydrogens is 701 g/mol. The summed E-state index contributed by atoms with van der Waals surface area (Å²) >= 11 is 0. The van der Waals surface area contributed by atoms with Crippen molar-refractivity contribution in [2.45, 2.75) is 302 Å². The van der Waals surface area contributed by atoms with E-state index in [1.54, 1.807) is 12.2 Å². The second-order valence-electron chi connectivity index (χ2n) is 18.0. The molecule has 0 aliphatic carbocycles. The van der Waals surface area contributed by atoms with Crippen LogP contribution in [-0.2, 0) is 9.59 Å². The minimum Gasteiger partial charge on any atom is -0.478 e. The van der Waals surface area contributed by atoms with Gasteiger partial charge in [0.25, 0.3) is 0 Å². The number of carboxylic acid groups (broad SMARTS) is 2. The van der Waals surface area contributed by atoms with Crippen LogP contribution in [0.3, 0.4) is 0 Å². The molecule has 0 unspecified atom stereocenters. The average molecular weight is 801 g/mol. The molecule has 4 heteroatoms. The average Bonchev–Trinajstić information content (AvgIpc) is 3.19. The first-order valence-corrected chi connectivity index (χ1v) is 25.9. The molecule has 0 spiro atoms. The van der Waals surface area contributed by atoms with E-state index in [-0.39, 0.29) is 0 Å². The first-order valence-electron chi connectivity index (χ1n) is 25.9. The van der Waals surface area contributed by atoms with Gasteiger partial charge in [-0.2, -0.15) is 0 Å². The Morgan fingerprint density at radius 2 is 0.316 bits per heavy atom. The van der Waals surface area contributed by atoms with E-state index in [4.69, 9.17) is 10.2 Å². The minimum atomic E-state index is -0.830. The van der Waals surface area contributed by atoms with Crippen LogP contribution < -0.4 is 0 Å². The summed E-state index contributed by atoms with van der Waals surface area (Å²) in [5.74, 6) is -1.66. The summed E-state index contributed by atoms with van der Waals surface area (Å²) in [6.45, 7) is 0. The van der Waals surface area contributed by atoms with Crippen LogP contribution in [0.25, 0.3) is 0 Å². The molecule has 0 rings (SSSR count). The van der Waals surface area contributed by atoms with E-state index in [2.05, 4.69) is 0 Å². The van der Waals surface area contributed by atoms with Gasteiger partial charge in [-0.25, -0.2) is 9.59 Å². The van der Waals surface area contributed by atoms with Crippen LogP contribution in [0.15, 0.2) is 24.3 Å². The quantitative estimate of drug-likeness (QED) is 0.0475. The van der Waals surface area contributed by atoms with Crippen LogP contribution >= 0.6 is 0 Å². The summed E-state index contributed by atoms with van der Waals surface area (Å²) in [5.41, 5.74) is 0. The smallest absolute Gasteiger partial charge is 0.327 e. The number of aliphatic carboxylic acids is 2. The molecule has 0 bridgehead atoms. The number of carbonyl (C=O) groups is 2. The summed E-state index contributed by atoms with van der Waals surface area (Å²) < 4.78 is 0. The molecule has 0 fully saturated rings. The van der Waals surface area contributed by atoms with Crippen LogP contribution in [0.1, 0.15) is 302 Å². The van der Waals surface area contributed by atoms with Gasteiger partial charge in [0, 0.05) is 12.2 Å². The lowest BCUT2D eigenvalue weighted by Crippen LogP contribution is -1.86. The maximum Gasteiger partial charge on any atom is 0.327 e. The number of carboxylic acids is 2. The van der Waals surface area contributed by atoms with Crippen molar-refractivity contribution in [3.8, 4) is 0 Å². The van der Waals surface area contributed by atoms with Crippen LogP contribution in [0.4, 0.5) is 0 Å². The highest BCUT2D eigenvalue weighted by Gasteiger charge is 1.99. The van der Waals surface area contributed by atoms with Crippen molar-refractivity contribution in [3.63, 3.8) is 0 Å². The molecule has 0 aliphatic heterocycles. The lowest BCUT2D eigenvalue weighted by molar-refractivity contribution is -0.132. The second-order valence-corrected chi connectivity index (χ2v) is 18.0. The molecule has 4 nitrogen and oxygen atoms in total. The summed E-state index contributed by atoms with van der Waals surface area (Å²) in [5, 5.41) is 17.2. The molecule has 0 radical (unpaired) electrons. The molecule has 0 atom stereocenters. The molecule has 0 heterocycles. The number of rotatable bonds is 50. The molecule has 0 aromatic rings. The topological polar surface area (TPSA) is 74.6 Å². The van der Waals surface area contributed by atoms with Gasteiger partial charge in [0.1, 0.15) is 0 Å². The largest absolute Gasteiger partial charge is 0.478 e. The highest BCUT2D eigenvalue weighted by molar-refractivity contribution is 5.79. The lowest BCUT2D eigenvalue weighted by Gasteiger charge is -2.05. The third kappa shape index (κ3) is 54.4. The van der Waals surface area contributed by atoms with Crippen LogP contribution in [-0.4, -0.2) is 22.2 Å².